The summed E-state index contributed by atoms with van der Waals surface area (Å²) in [5.41, 5.74) is 4.15. The Labute approximate surface area is 90.3 Å². The lowest BCUT2D eigenvalue weighted by Crippen LogP contribution is -2.08. The Kier molecular flexibility index (Phi) is 2.10. The fourth-order valence-corrected chi connectivity index (χ4v) is 1.53. The van der Waals surface area contributed by atoms with Crippen molar-refractivity contribution in [3.8, 4) is 0 Å². The maximum atomic E-state index is 5.81. The van der Waals surface area contributed by atoms with Gasteiger partial charge in [0.25, 0.3) is 0 Å². The van der Waals surface area contributed by atoms with Crippen molar-refractivity contribution in [3.63, 3.8) is 0 Å². The zero-order valence-corrected chi connectivity index (χ0v) is 10.0. The number of pyridine rings is 1. The third kappa shape index (κ3) is 1.76. The van der Waals surface area contributed by atoms with Crippen LogP contribution >= 0.6 is 0 Å². The first-order chi connectivity index (χ1) is 6.88. The first-order valence-corrected chi connectivity index (χ1v) is 5.26. The number of rotatable bonds is 0. The van der Waals surface area contributed by atoms with Crippen LogP contribution in [0, 0.1) is 13.8 Å². The molecule has 2 rings (SSSR count). The first-order valence-electron chi connectivity index (χ1n) is 5.26. The predicted molar refractivity (Wildman–Crippen MR) is 62.2 cm³/mol. The Hall–Kier alpha value is -1.31. The van der Waals surface area contributed by atoms with Gasteiger partial charge in [0.2, 0.25) is 0 Å². The molecule has 2 heterocycles. The number of hydrogen-bond donors (Lipinski definition) is 0. The first kappa shape index (κ1) is 10.2. The van der Waals surface area contributed by atoms with Crippen molar-refractivity contribution in [1.29, 1.82) is 0 Å². The molecule has 0 saturated heterocycles. The zero-order chi connectivity index (χ0) is 11.2. The molecule has 2 nitrogen and oxygen atoms in total. The van der Waals surface area contributed by atoms with Gasteiger partial charge in [-0.2, -0.15) is 0 Å². The van der Waals surface area contributed by atoms with Gasteiger partial charge in [-0.1, -0.05) is 20.8 Å². The molecule has 0 N–H and O–H groups in total. The quantitative estimate of drug-likeness (QED) is 0.651. The van der Waals surface area contributed by atoms with Crippen LogP contribution in [0.4, 0.5) is 0 Å². The number of fused-ring (bicyclic) bond motifs is 1. The van der Waals surface area contributed by atoms with Gasteiger partial charge in [0.15, 0.2) is 5.58 Å². The van der Waals surface area contributed by atoms with Crippen molar-refractivity contribution in [2.24, 2.45) is 0 Å². The van der Waals surface area contributed by atoms with Gasteiger partial charge in [-0.05, 0) is 25.5 Å². The van der Waals surface area contributed by atoms with Crippen LogP contribution in [0.25, 0.3) is 11.1 Å². The summed E-state index contributed by atoms with van der Waals surface area (Å²) in [6.07, 6.45) is 0. The molecule has 2 aromatic rings. The van der Waals surface area contributed by atoms with E-state index in [1.54, 1.807) is 0 Å². The number of furan rings is 1. The molecule has 15 heavy (non-hydrogen) atoms. The van der Waals surface area contributed by atoms with Crippen molar-refractivity contribution >= 4 is 11.1 Å². The van der Waals surface area contributed by atoms with E-state index in [0.717, 1.165) is 22.6 Å². The molecule has 0 fully saturated rings. The second-order valence-electron chi connectivity index (χ2n) is 5.13. The smallest absolute Gasteiger partial charge is 0.153 e. The molecule has 80 valence electrons. The van der Waals surface area contributed by atoms with E-state index in [2.05, 4.69) is 38.7 Å². The van der Waals surface area contributed by atoms with Crippen LogP contribution in [0.2, 0.25) is 0 Å². The molecule has 0 radical (unpaired) electrons. The SMILES string of the molecule is Cc1cc2oc(C(C)(C)C)cc2nc1C. The van der Waals surface area contributed by atoms with E-state index in [0.29, 0.717) is 0 Å². The average Bonchev–Trinajstić information content (AvgIpc) is 2.47. The lowest BCUT2D eigenvalue weighted by atomic mass is 9.93. The van der Waals surface area contributed by atoms with Gasteiger partial charge in [-0.25, -0.2) is 4.98 Å². The maximum Gasteiger partial charge on any atom is 0.153 e. The Morgan fingerprint density at radius 1 is 1.13 bits per heavy atom. The van der Waals surface area contributed by atoms with Crippen LogP contribution < -0.4 is 0 Å². The summed E-state index contributed by atoms with van der Waals surface area (Å²) in [5, 5.41) is 0. The summed E-state index contributed by atoms with van der Waals surface area (Å²) in [4.78, 5) is 4.52. The number of nitrogens with zero attached hydrogens (tertiary/aromatic N) is 1. The molecule has 2 heteroatoms. The summed E-state index contributed by atoms with van der Waals surface area (Å²) >= 11 is 0. The van der Waals surface area contributed by atoms with E-state index in [1.807, 2.05) is 13.0 Å². The second-order valence-corrected chi connectivity index (χ2v) is 5.13. The van der Waals surface area contributed by atoms with Crippen LogP contribution in [0.5, 0.6) is 0 Å². The minimum atomic E-state index is 0.0442. The number of hydrogen-bond acceptors (Lipinski definition) is 2. The molecule has 0 aliphatic heterocycles. The molecule has 0 aliphatic rings. The lowest BCUT2D eigenvalue weighted by Gasteiger charge is -2.13. The molecule has 0 amide bonds. The van der Waals surface area contributed by atoms with Gasteiger partial charge in [0, 0.05) is 17.2 Å². The minimum Gasteiger partial charge on any atom is -0.459 e. The Morgan fingerprint density at radius 2 is 1.80 bits per heavy atom. The van der Waals surface area contributed by atoms with Crippen LogP contribution in [0.1, 0.15) is 37.8 Å². The molecular formula is C13H17NO. The zero-order valence-electron chi connectivity index (χ0n) is 10.0. The van der Waals surface area contributed by atoms with Crippen LogP contribution in [-0.4, -0.2) is 4.98 Å². The third-order valence-corrected chi connectivity index (χ3v) is 2.69. The topological polar surface area (TPSA) is 26.0 Å². The number of aromatic nitrogens is 1. The van der Waals surface area contributed by atoms with Gasteiger partial charge in [0.05, 0.1) is 0 Å². The second kappa shape index (κ2) is 3.09. The Bertz CT molecular complexity index is 464. The van der Waals surface area contributed by atoms with Crippen molar-refractivity contribution in [2.45, 2.75) is 40.0 Å². The molecule has 0 spiro atoms. The van der Waals surface area contributed by atoms with Crippen molar-refractivity contribution in [3.05, 3.63) is 29.2 Å². The normalized spacial score (nSPS) is 12.3. The molecule has 0 atom stereocenters. The summed E-state index contributed by atoms with van der Waals surface area (Å²) in [7, 11) is 0. The summed E-state index contributed by atoms with van der Waals surface area (Å²) < 4.78 is 5.81. The summed E-state index contributed by atoms with van der Waals surface area (Å²) in [5.74, 6) is 0.995. The predicted octanol–water partition coefficient (Wildman–Crippen LogP) is 3.74. The molecule has 0 bridgehead atoms. The Morgan fingerprint density at radius 3 is 2.40 bits per heavy atom. The molecule has 0 saturated carbocycles. The molecule has 0 aliphatic carbocycles. The average molecular weight is 203 g/mol. The fraction of sp³-hybridized carbons (Fsp3) is 0.462. The van der Waals surface area contributed by atoms with E-state index in [-0.39, 0.29) is 5.41 Å². The highest BCUT2D eigenvalue weighted by Gasteiger charge is 2.19. The van der Waals surface area contributed by atoms with Crippen molar-refractivity contribution in [2.75, 3.05) is 0 Å². The van der Waals surface area contributed by atoms with E-state index in [9.17, 15) is 0 Å². The Balaban J connectivity index is 2.66. The number of aryl methyl sites for hydroxylation is 2. The molecule has 2 aromatic heterocycles. The minimum absolute atomic E-state index is 0.0442. The molecule has 0 aromatic carbocycles. The van der Waals surface area contributed by atoms with Crippen LogP contribution in [0.15, 0.2) is 16.5 Å². The van der Waals surface area contributed by atoms with Crippen molar-refractivity contribution in [1.82, 2.24) is 4.98 Å². The van der Waals surface area contributed by atoms with Crippen LogP contribution in [0.3, 0.4) is 0 Å². The van der Waals surface area contributed by atoms with E-state index in [1.165, 1.54) is 5.56 Å². The van der Waals surface area contributed by atoms with Crippen molar-refractivity contribution < 1.29 is 4.42 Å². The van der Waals surface area contributed by atoms with Gasteiger partial charge in [-0.3, -0.25) is 0 Å². The third-order valence-electron chi connectivity index (χ3n) is 2.69. The maximum absolute atomic E-state index is 5.81. The highest BCUT2D eigenvalue weighted by molar-refractivity contribution is 5.74. The highest BCUT2D eigenvalue weighted by atomic mass is 16.3. The largest absolute Gasteiger partial charge is 0.459 e. The molecular weight excluding hydrogens is 186 g/mol. The van der Waals surface area contributed by atoms with Crippen LogP contribution in [-0.2, 0) is 5.41 Å². The van der Waals surface area contributed by atoms with Gasteiger partial charge in [-0.15, -0.1) is 0 Å². The summed E-state index contributed by atoms with van der Waals surface area (Å²) in [6.45, 7) is 10.5. The van der Waals surface area contributed by atoms with E-state index in [4.69, 9.17) is 4.42 Å². The van der Waals surface area contributed by atoms with E-state index < -0.39 is 0 Å². The fourth-order valence-electron chi connectivity index (χ4n) is 1.53. The van der Waals surface area contributed by atoms with E-state index >= 15 is 0 Å². The lowest BCUT2D eigenvalue weighted by molar-refractivity contribution is 0.430. The highest BCUT2D eigenvalue weighted by Crippen LogP contribution is 2.28. The van der Waals surface area contributed by atoms with Gasteiger partial charge < -0.3 is 4.42 Å². The monoisotopic (exact) mass is 203 g/mol. The van der Waals surface area contributed by atoms with Gasteiger partial charge >= 0.3 is 0 Å². The standard InChI is InChI=1S/C13H17NO/c1-8-6-11-10(14-9(8)2)7-12(15-11)13(3,4)5/h6-7H,1-5H3. The summed E-state index contributed by atoms with van der Waals surface area (Å²) in [6, 6.07) is 4.11. The van der Waals surface area contributed by atoms with Gasteiger partial charge in [0.1, 0.15) is 11.3 Å². The molecule has 0 unspecified atom stereocenters.